The van der Waals surface area contributed by atoms with E-state index in [4.69, 9.17) is 9.05 Å². The lowest BCUT2D eigenvalue weighted by molar-refractivity contribution is -0.870. The Bertz CT molecular complexity index is 875. The monoisotopic (exact) mass is 541 g/mol. The first kappa shape index (κ1) is 29.5. The quantitative estimate of drug-likeness (QED) is 0.281. The van der Waals surface area contributed by atoms with Crippen LogP contribution in [-0.2, 0) is 18.4 Å². The molecule has 7 nitrogen and oxygen atoms in total. The molecule has 0 radical (unpaired) electrons. The summed E-state index contributed by atoms with van der Waals surface area (Å²) in [5, 5.41) is 9.19. The van der Waals surface area contributed by atoms with Crippen molar-refractivity contribution < 1.29 is 32.9 Å². The fourth-order valence-electron chi connectivity index (χ4n) is 9.48. The standard InChI is InChI=1S/C29H52NO6P/c1-20(7-12-27(31)32)24-10-11-25-23-9-8-21-19-22(36-37(33,34)35-18-17-30(4,5)6)13-15-28(21,2)26(23)14-16-29(24,25)3/h20-26H,7-19H2,1-6H3,(H-,31,32,33,34)/t20-,21-,22-,23+,24-,25?,26+,28+,29-/m1/s1. The zero-order valence-electron chi connectivity index (χ0n) is 24.1. The van der Waals surface area contributed by atoms with Crippen LogP contribution in [0.2, 0.25) is 0 Å². The van der Waals surface area contributed by atoms with E-state index in [0.717, 1.165) is 43.9 Å². The minimum absolute atomic E-state index is 0.151. The zero-order chi connectivity index (χ0) is 27.2. The van der Waals surface area contributed by atoms with E-state index >= 15 is 0 Å². The van der Waals surface area contributed by atoms with Crippen LogP contribution in [0.3, 0.4) is 0 Å². The van der Waals surface area contributed by atoms with Gasteiger partial charge in [-0.05, 0) is 111 Å². The van der Waals surface area contributed by atoms with Gasteiger partial charge in [0.05, 0.1) is 27.2 Å². The second-order valence-corrected chi connectivity index (χ2v) is 16.0. The maximum Gasteiger partial charge on any atom is 0.303 e. The maximum absolute atomic E-state index is 12.5. The van der Waals surface area contributed by atoms with Crippen LogP contribution in [0.4, 0.5) is 0 Å². The van der Waals surface area contributed by atoms with Gasteiger partial charge in [0, 0.05) is 6.42 Å². The molecule has 0 bridgehead atoms. The molecule has 0 saturated heterocycles. The van der Waals surface area contributed by atoms with Crippen LogP contribution in [0.15, 0.2) is 0 Å². The number of hydrogen-bond acceptors (Lipinski definition) is 5. The van der Waals surface area contributed by atoms with Gasteiger partial charge < -0.3 is 23.5 Å². The fourth-order valence-corrected chi connectivity index (χ4v) is 10.4. The van der Waals surface area contributed by atoms with Crippen molar-refractivity contribution in [3.05, 3.63) is 0 Å². The van der Waals surface area contributed by atoms with Gasteiger partial charge in [0.2, 0.25) is 0 Å². The maximum atomic E-state index is 12.5. The number of quaternary nitrogens is 1. The van der Waals surface area contributed by atoms with Crippen LogP contribution < -0.4 is 4.89 Å². The van der Waals surface area contributed by atoms with Gasteiger partial charge in [0.15, 0.2) is 0 Å². The van der Waals surface area contributed by atoms with E-state index in [-0.39, 0.29) is 24.5 Å². The first-order valence-corrected chi connectivity index (χ1v) is 16.3. The van der Waals surface area contributed by atoms with Crippen LogP contribution >= 0.6 is 7.82 Å². The molecule has 10 atom stereocenters. The highest BCUT2D eigenvalue weighted by atomic mass is 31.2. The smallest absolute Gasteiger partial charge is 0.303 e. The third-order valence-electron chi connectivity index (χ3n) is 11.5. The van der Waals surface area contributed by atoms with Gasteiger partial charge >= 0.3 is 5.97 Å². The van der Waals surface area contributed by atoms with Gasteiger partial charge in [-0.3, -0.25) is 9.36 Å². The summed E-state index contributed by atoms with van der Waals surface area (Å²) in [6.07, 6.45) is 10.9. The van der Waals surface area contributed by atoms with Crippen molar-refractivity contribution in [1.29, 1.82) is 0 Å². The highest BCUT2D eigenvalue weighted by Gasteiger charge is 2.60. The molecular weight excluding hydrogens is 489 g/mol. The summed E-state index contributed by atoms with van der Waals surface area (Å²) >= 11 is 0. The van der Waals surface area contributed by atoms with Gasteiger partial charge in [-0.2, -0.15) is 0 Å². The Morgan fingerprint density at radius 3 is 2.41 bits per heavy atom. The van der Waals surface area contributed by atoms with E-state index in [0.29, 0.717) is 40.1 Å². The van der Waals surface area contributed by atoms with E-state index in [1.54, 1.807) is 0 Å². The van der Waals surface area contributed by atoms with Crippen molar-refractivity contribution >= 4 is 13.8 Å². The van der Waals surface area contributed by atoms with Gasteiger partial charge in [0.1, 0.15) is 13.2 Å². The van der Waals surface area contributed by atoms with Crippen molar-refractivity contribution in [3.8, 4) is 0 Å². The Kier molecular flexibility index (Phi) is 8.65. The summed E-state index contributed by atoms with van der Waals surface area (Å²) < 4.78 is 24.0. The SMILES string of the molecule is C[C@H](CCC(=O)O)[C@H]1CCC2[C@@H]3CC[C@@H]4C[C@H](OP(=O)([O-])OCC[N+](C)(C)C)CC[C@]4(C)[C@H]3CC[C@@]21C. The summed E-state index contributed by atoms with van der Waals surface area (Å²) in [5.74, 6) is 3.13. The molecule has 214 valence electrons. The second-order valence-electron chi connectivity index (χ2n) is 14.6. The number of phosphoric ester groups is 1. The molecular formula is C29H52NO6P. The summed E-state index contributed by atoms with van der Waals surface area (Å²) in [6, 6.07) is 0. The predicted molar refractivity (Wildman–Crippen MR) is 143 cm³/mol. The number of fused-ring (bicyclic) bond motifs is 5. The summed E-state index contributed by atoms with van der Waals surface area (Å²) in [4.78, 5) is 23.7. The summed E-state index contributed by atoms with van der Waals surface area (Å²) in [6.45, 7) is 8.06. The van der Waals surface area contributed by atoms with E-state index in [2.05, 4.69) is 20.8 Å². The fraction of sp³-hybridized carbons (Fsp3) is 0.966. The normalized spacial score (nSPS) is 42.2. The molecule has 4 aliphatic carbocycles. The molecule has 2 unspecified atom stereocenters. The molecule has 4 aliphatic rings. The molecule has 4 rings (SSSR count). The lowest BCUT2D eigenvalue weighted by atomic mass is 9.44. The molecule has 1 N–H and O–H groups in total. The predicted octanol–water partition coefficient (Wildman–Crippen LogP) is 5.72. The lowest BCUT2D eigenvalue weighted by Gasteiger charge is -2.61. The van der Waals surface area contributed by atoms with Crippen molar-refractivity contribution in [2.24, 2.45) is 46.3 Å². The number of aliphatic carboxylic acids is 1. The molecule has 8 heteroatoms. The number of likely N-dealkylation sites (N-methyl/N-ethyl adjacent to an activating group) is 1. The van der Waals surface area contributed by atoms with Crippen LogP contribution in [0, 0.1) is 46.3 Å². The third kappa shape index (κ3) is 6.32. The molecule has 0 amide bonds. The Balaban J connectivity index is 1.37. The molecule has 0 spiro atoms. The number of phosphoric acid groups is 1. The van der Waals surface area contributed by atoms with Crippen LogP contribution in [0.25, 0.3) is 0 Å². The molecule has 0 aromatic carbocycles. The van der Waals surface area contributed by atoms with E-state index in [9.17, 15) is 19.4 Å². The average Bonchev–Trinajstić information content (AvgIpc) is 3.13. The molecule has 0 aliphatic heterocycles. The lowest BCUT2D eigenvalue weighted by Crippen LogP contribution is -2.54. The number of carboxylic acids is 1. The average molecular weight is 542 g/mol. The van der Waals surface area contributed by atoms with Crippen molar-refractivity contribution in [3.63, 3.8) is 0 Å². The van der Waals surface area contributed by atoms with Gasteiger partial charge in [0.25, 0.3) is 7.82 Å². The highest BCUT2D eigenvalue weighted by molar-refractivity contribution is 7.45. The van der Waals surface area contributed by atoms with Gasteiger partial charge in [-0.15, -0.1) is 0 Å². The van der Waals surface area contributed by atoms with E-state index < -0.39 is 13.8 Å². The molecule has 0 aromatic rings. The number of carbonyl (C=O) groups is 1. The number of rotatable bonds is 10. The molecule has 37 heavy (non-hydrogen) atoms. The number of carboxylic acid groups (broad SMARTS) is 1. The van der Waals surface area contributed by atoms with E-state index in [1.165, 1.54) is 32.1 Å². The van der Waals surface area contributed by atoms with Crippen LogP contribution in [0.5, 0.6) is 0 Å². The minimum atomic E-state index is -4.29. The molecule has 4 fully saturated rings. The van der Waals surface area contributed by atoms with Crippen molar-refractivity contribution in [2.75, 3.05) is 34.3 Å². The molecule has 0 aromatic heterocycles. The summed E-state index contributed by atoms with van der Waals surface area (Å²) in [7, 11) is 1.74. The Labute approximate surface area is 224 Å². The highest BCUT2D eigenvalue weighted by Crippen LogP contribution is 2.68. The van der Waals surface area contributed by atoms with E-state index in [1.807, 2.05) is 21.1 Å². The van der Waals surface area contributed by atoms with Gasteiger partial charge in [-0.1, -0.05) is 20.8 Å². The minimum Gasteiger partial charge on any atom is -0.756 e. The number of nitrogens with zero attached hydrogens (tertiary/aromatic N) is 1. The van der Waals surface area contributed by atoms with Crippen molar-refractivity contribution in [1.82, 2.24) is 0 Å². The topological polar surface area (TPSA) is 95.9 Å². The molecule has 0 heterocycles. The first-order chi connectivity index (χ1) is 17.1. The second kappa shape index (κ2) is 10.8. The Hall–Kier alpha value is -0.460. The number of hydrogen-bond donors (Lipinski definition) is 1. The van der Waals surface area contributed by atoms with Gasteiger partial charge in [-0.25, -0.2) is 0 Å². The largest absolute Gasteiger partial charge is 0.756 e. The van der Waals surface area contributed by atoms with Crippen molar-refractivity contribution in [2.45, 2.75) is 97.5 Å². The summed E-state index contributed by atoms with van der Waals surface area (Å²) in [5.41, 5.74) is 0.593. The zero-order valence-corrected chi connectivity index (χ0v) is 25.0. The van der Waals surface area contributed by atoms with Crippen LogP contribution in [0.1, 0.15) is 91.4 Å². The molecule has 4 saturated carbocycles. The third-order valence-corrected chi connectivity index (χ3v) is 12.5. The van der Waals surface area contributed by atoms with Crippen LogP contribution in [-0.4, -0.2) is 56.0 Å². The Morgan fingerprint density at radius 2 is 1.73 bits per heavy atom. The first-order valence-electron chi connectivity index (χ1n) is 14.8. The Morgan fingerprint density at radius 1 is 1.05 bits per heavy atom.